The second-order valence-corrected chi connectivity index (χ2v) is 10.5. The summed E-state index contributed by atoms with van der Waals surface area (Å²) in [5.74, 6) is -0.322. The molecule has 1 saturated heterocycles. The Hall–Kier alpha value is -3.86. The molecule has 4 rings (SSSR count). The average molecular weight is 659 g/mol. The molecule has 5 atom stereocenters. The molecule has 1 amide bonds. The van der Waals surface area contributed by atoms with E-state index >= 15 is 0 Å². The van der Waals surface area contributed by atoms with Crippen LogP contribution in [0.15, 0.2) is 54.9 Å². The van der Waals surface area contributed by atoms with E-state index in [0.29, 0.717) is 23.5 Å². The third-order valence-electron chi connectivity index (χ3n) is 7.43. The Bertz CT molecular complexity index is 1420. The molecule has 1 aliphatic heterocycles. The van der Waals surface area contributed by atoms with Gasteiger partial charge in [0.1, 0.15) is 37.6 Å². The van der Waals surface area contributed by atoms with Crippen LogP contribution in [-0.2, 0) is 23.7 Å². The number of ether oxygens (including phenoxy) is 6. The van der Waals surface area contributed by atoms with E-state index in [-0.39, 0.29) is 37.3 Å². The van der Waals surface area contributed by atoms with Crippen molar-refractivity contribution in [2.24, 2.45) is 5.92 Å². The van der Waals surface area contributed by atoms with Gasteiger partial charge in [-0.05, 0) is 62.4 Å². The monoisotopic (exact) mass is 658 g/mol. The number of anilines is 1. The van der Waals surface area contributed by atoms with E-state index in [1.54, 1.807) is 31.4 Å². The van der Waals surface area contributed by atoms with Crippen LogP contribution in [0.4, 0.5) is 32.4 Å². The van der Waals surface area contributed by atoms with Crippen LogP contribution in [0.1, 0.15) is 20.8 Å². The van der Waals surface area contributed by atoms with Gasteiger partial charge in [-0.3, -0.25) is 4.90 Å². The number of alkyl halides is 5. The van der Waals surface area contributed by atoms with Crippen LogP contribution in [0.2, 0.25) is 0 Å². The van der Waals surface area contributed by atoms with Gasteiger partial charge < -0.3 is 28.4 Å². The van der Waals surface area contributed by atoms with E-state index in [2.05, 4.69) is 14.8 Å². The molecular formula is C30H35F5N4O7. The first kappa shape index (κ1) is 35.0. The van der Waals surface area contributed by atoms with Gasteiger partial charge in [0.15, 0.2) is 5.82 Å². The normalized spacial score (nSPS) is 22.0. The van der Waals surface area contributed by atoms with Gasteiger partial charge >= 0.3 is 18.4 Å². The van der Waals surface area contributed by atoms with Crippen LogP contribution in [-0.4, -0.2) is 91.7 Å². The van der Waals surface area contributed by atoms with Crippen LogP contribution < -0.4 is 9.64 Å². The summed E-state index contributed by atoms with van der Waals surface area (Å²) in [7, 11) is 3.00. The van der Waals surface area contributed by atoms with Gasteiger partial charge in [0.05, 0.1) is 17.9 Å². The highest BCUT2D eigenvalue weighted by atomic mass is 19.4. The standard InChI is InChI=1S/C30H35F5N4O7/c1-6-43-25-18(2)19(3)45-24(26(25)42-5)15-44-28(40)38(17-41-4)21-9-7-20(8-10-21)27-36-16-39(37-27)22-11-13-23(14-12-22)46-30(34,35)29(31,32)33/h7-14,16,18-19,24-26H,6,15,17H2,1-5H3/t18-,19-,24-,25+,26-/m0/s1. The molecule has 46 heavy (non-hydrogen) atoms. The van der Waals surface area contributed by atoms with Gasteiger partial charge in [0.2, 0.25) is 0 Å². The second-order valence-electron chi connectivity index (χ2n) is 10.5. The van der Waals surface area contributed by atoms with Gasteiger partial charge in [-0.15, -0.1) is 5.10 Å². The van der Waals surface area contributed by atoms with Gasteiger partial charge in [0.25, 0.3) is 0 Å². The number of benzene rings is 2. The summed E-state index contributed by atoms with van der Waals surface area (Å²) in [6.07, 6.45) is -11.9. The van der Waals surface area contributed by atoms with E-state index < -0.39 is 36.3 Å². The zero-order valence-corrected chi connectivity index (χ0v) is 25.7. The summed E-state index contributed by atoms with van der Waals surface area (Å²) >= 11 is 0. The predicted molar refractivity (Wildman–Crippen MR) is 154 cm³/mol. The minimum absolute atomic E-state index is 0.0730. The summed E-state index contributed by atoms with van der Waals surface area (Å²) in [4.78, 5) is 18.7. The number of carbonyl (C=O) groups is 1. The van der Waals surface area contributed by atoms with Crippen molar-refractivity contribution in [3.05, 3.63) is 54.9 Å². The molecule has 1 aromatic heterocycles. The Morgan fingerprint density at radius 2 is 1.67 bits per heavy atom. The zero-order chi connectivity index (χ0) is 33.6. The smallest absolute Gasteiger partial charge is 0.446 e. The number of hydrogen-bond acceptors (Lipinski definition) is 9. The van der Waals surface area contributed by atoms with Gasteiger partial charge in [-0.1, -0.05) is 6.92 Å². The van der Waals surface area contributed by atoms with Crippen molar-refractivity contribution < 1.29 is 55.2 Å². The van der Waals surface area contributed by atoms with Crippen LogP contribution in [0.5, 0.6) is 5.75 Å². The Balaban J connectivity index is 1.41. The van der Waals surface area contributed by atoms with Crippen molar-refractivity contribution in [3.8, 4) is 22.8 Å². The van der Waals surface area contributed by atoms with Crippen molar-refractivity contribution in [1.82, 2.24) is 14.8 Å². The lowest BCUT2D eigenvalue weighted by Crippen LogP contribution is -2.56. The molecule has 11 nitrogen and oxygen atoms in total. The molecule has 3 aromatic rings. The van der Waals surface area contributed by atoms with Crippen molar-refractivity contribution in [2.45, 2.75) is 57.5 Å². The molecular weight excluding hydrogens is 623 g/mol. The lowest BCUT2D eigenvalue weighted by molar-refractivity contribution is -0.360. The molecule has 0 spiro atoms. The predicted octanol–water partition coefficient (Wildman–Crippen LogP) is 5.86. The number of nitrogens with zero attached hydrogens (tertiary/aromatic N) is 4. The largest absolute Gasteiger partial charge is 0.499 e. The molecule has 16 heteroatoms. The Morgan fingerprint density at radius 3 is 2.26 bits per heavy atom. The molecule has 0 bridgehead atoms. The van der Waals surface area contributed by atoms with Crippen molar-refractivity contribution in [3.63, 3.8) is 0 Å². The molecule has 0 aliphatic carbocycles. The lowest BCUT2D eigenvalue weighted by atomic mass is 9.88. The molecule has 0 N–H and O–H groups in total. The topological polar surface area (TPSA) is 106 Å². The number of hydrogen-bond donors (Lipinski definition) is 0. The lowest BCUT2D eigenvalue weighted by Gasteiger charge is -2.43. The van der Waals surface area contributed by atoms with Crippen LogP contribution in [0.25, 0.3) is 17.1 Å². The van der Waals surface area contributed by atoms with Gasteiger partial charge in [-0.2, -0.15) is 22.0 Å². The number of carbonyl (C=O) groups excluding carboxylic acids is 1. The van der Waals surface area contributed by atoms with Crippen LogP contribution in [0.3, 0.4) is 0 Å². The molecule has 252 valence electrons. The maximum atomic E-state index is 13.2. The SMILES string of the molecule is CCO[C@@H]1[C@@H](C)[C@H](C)O[C@@H](COC(=O)N(COC)c2ccc(-c3ncn(-c4ccc(OC(F)(F)C(F)(F)F)cc4)n3)cc2)[C@@H]1OC. The minimum Gasteiger partial charge on any atom is -0.446 e. The maximum Gasteiger partial charge on any atom is 0.499 e. The molecule has 0 saturated carbocycles. The summed E-state index contributed by atoms with van der Waals surface area (Å²) in [6.45, 7) is 6.18. The minimum atomic E-state index is -5.85. The summed E-state index contributed by atoms with van der Waals surface area (Å²) in [6, 6.07) is 11.1. The van der Waals surface area contributed by atoms with Gasteiger partial charge in [0, 0.05) is 38.0 Å². The fraction of sp³-hybridized carbons (Fsp3) is 0.500. The highest BCUT2D eigenvalue weighted by Crippen LogP contribution is 2.37. The summed E-state index contributed by atoms with van der Waals surface area (Å²) < 4.78 is 97.2. The van der Waals surface area contributed by atoms with E-state index in [9.17, 15) is 26.7 Å². The number of methoxy groups -OCH3 is 2. The van der Waals surface area contributed by atoms with Crippen LogP contribution >= 0.6 is 0 Å². The van der Waals surface area contributed by atoms with Crippen molar-refractivity contribution >= 4 is 11.8 Å². The molecule has 1 fully saturated rings. The van der Waals surface area contributed by atoms with E-state index in [1.165, 1.54) is 35.2 Å². The molecule has 2 aromatic carbocycles. The Morgan fingerprint density at radius 1 is 1.00 bits per heavy atom. The number of amides is 1. The van der Waals surface area contributed by atoms with Crippen molar-refractivity contribution in [1.29, 1.82) is 0 Å². The molecule has 1 aliphatic rings. The van der Waals surface area contributed by atoms with Gasteiger partial charge in [-0.25, -0.2) is 14.5 Å². The quantitative estimate of drug-likeness (QED) is 0.175. The highest BCUT2D eigenvalue weighted by Gasteiger charge is 2.61. The first-order valence-corrected chi connectivity index (χ1v) is 14.3. The molecule has 0 radical (unpaired) electrons. The van der Waals surface area contributed by atoms with E-state index in [0.717, 1.165) is 12.1 Å². The first-order chi connectivity index (χ1) is 21.8. The van der Waals surface area contributed by atoms with E-state index in [4.69, 9.17) is 23.7 Å². The maximum absolute atomic E-state index is 13.2. The Kier molecular flexibility index (Phi) is 11.2. The molecule has 2 heterocycles. The van der Waals surface area contributed by atoms with Crippen molar-refractivity contribution in [2.75, 3.05) is 39.1 Å². The highest BCUT2D eigenvalue weighted by molar-refractivity contribution is 5.87. The summed E-state index contributed by atoms with van der Waals surface area (Å²) in [5.41, 5.74) is 1.37. The molecule has 0 unspecified atom stereocenters. The fourth-order valence-corrected chi connectivity index (χ4v) is 4.89. The number of halogens is 5. The third-order valence-corrected chi connectivity index (χ3v) is 7.43. The first-order valence-electron chi connectivity index (χ1n) is 14.3. The average Bonchev–Trinajstić information content (AvgIpc) is 3.51. The third kappa shape index (κ3) is 7.92. The second kappa shape index (κ2) is 14.7. The Labute approximate surface area is 262 Å². The number of rotatable bonds is 12. The number of aromatic nitrogens is 3. The zero-order valence-electron chi connectivity index (χ0n) is 25.7. The fourth-order valence-electron chi connectivity index (χ4n) is 4.89. The van der Waals surface area contributed by atoms with Crippen LogP contribution in [0, 0.1) is 5.92 Å². The van der Waals surface area contributed by atoms with E-state index in [1.807, 2.05) is 20.8 Å². The summed E-state index contributed by atoms with van der Waals surface area (Å²) in [5, 5.41) is 4.34.